The lowest BCUT2D eigenvalue weighted by Crippen LogP contribution is -2.36. The molecule has 1 aromatic carbocycles. The van der Waals surface area contributed by atoms with Gasteiger partial charge in [0.1, 0.15) is 12.3 Å². The lowest BCUT2D eigenvalue weighted by molar-refractivity contribution is -0.127. The van der Waals surface area contributed by atoms with E-state index in [0.717, 1.165) is 17.0 Å². The predicted molar refractivity (Wildman–Crippen MR) is 108 cm³/mol. The van der Waals surface area contributed by atoms with Crippen LogP contribution in [0.4, 0.5) is 19.3 Å². The molecule has 0 radical (unpaired) electrons. The van der Waals surface area contributed by atoms with Crippen molar-refractivity contribution in [3.05, 3.63) is 28.7 Å². The largest absolute Gasteiger partial charge is 0.495 e. The third-order valence-corrected chi connectivity index (χ3v) is 6.81. The summed E-state index contributed by atoms with van der Waals surface area (Å²) < 4.78 is 54.6. The van der Waals surface area contributed by atoms with Gasteiger partial charge in [0.2, 0.25) is 21.9 Å². The Labute approximate surface area is 181 Å². The quantitative estimate of drug-likeness (QED) is 0.624. The van der Waals surface area contributed by atoms with Gasteiger partial charge in [0, 0.05) is 18.9 Å². The van der Waals surface area contributed by atoms with Crippen molar-refractivity contribution in [2.45, 2.75) is 36.5 Å². The molecule has 0 unspecified atom stereocenters. The third kappa shape index (κ3) is 5.22. The maximum absolute atomic E-state index is 13.4. The highest BCUT2D eigenvalue weighted by molar-refractivity contribution is 8.18. The van der Waals surface area contributed by atoms with Crippen LogP contribution in [0, 0.1) is 0 Å². The smallest absolute Gasteiger partial charge is 0.294 e. The number of imide groups is 1. The van der Waals surface area contributed by atoms with Crippen molar-refractivity contribution in [2.24, 2.45) is 5.14 Å². The summed E-state index contributed by atoms with van der Waals surface area (Å²) in [7, 11) is -2.72. The Morgan fingerprint density at radius 2 is 1.94 bits per heavy atom. The molecule has 0 atom stereocenters. The summed E-state index contributed by atoms with van der Waals surface area (Å²) in [6.45, 7) is -0.600. The number of thioether (sulfide) groups is 1. The second-order valence-electron chi connectivity index (χ2n) is 7.00. The van der Waals surface area contributed by atoms with Gasteiger partial charge in [0.15, 0.2) is 0 Å². The van der Waals surface area contributed by atoms with Gasteiger partial charge in [-0.3, -0.25) is 19.3 Å². The summed E-state index contributed by atoms with van der Waals surface area (Å²) in [5.41, 5.74) is 0.608. The molecule has 2 aliphatic rings. The molecule has 1 saturated carbocycles. The molecule has 3 N–H and O–H groups in total. The monoisotopic (exact) mass is 475 g/mol. The molecule has 0 aromatic heterocycles. The van der Waals surface area contributed by atoms with Crippen molar-refractivity contribution in [3.8, 4) is 5.75 Å². The Bertz CT molecular complexity index is 1080. The highest BCUT2D eigenvalue weighted by Gasteiger charge is 2.41. The molecule has 1 aliphatic carbocycles. The van der Waals surface area contributed by atoms with Crippen molar-refractivity contribution in [1.29, 1.82) is 0 Å². The standard InChI is InChI=1S/C18H19F2N3O6S2/c1-29-13-8-11(31(21,27)28)2-3-12(13)22-14(24)9-23-16(25)15(30-17(23)26)10-4-6-18(19,20)7-5-10/h2-3,8H,4-7,9H2,1H3,(H,22,24)(H2,21,27,28). The zero-order chi connectivity index (χ0) is 23.0. The number of sulfonamides is 1. The first-order valence-corrected chi connectivity index (χ1v) is 11.4. The predicted octanol–water partition coefficient (Wildman–Crippen LogP) is 2.44. The van der Waals surface area contributed by atoms with Crippen LogP contribution >= 0.6 is 11.8 Å². The van der Waals surface area contributed by atoms with Gasteiger partial charge in [-0.1, -0.05) is 5.57 Å². The van der Waals surface area contributed by atoms with E-state index in [0.29, 0.717) is 17.3 Å². The zero-order valence-electron chi connectivity index (χ0n) is 16.3. The minimum absolute atomic E-state index is 0.0132. The molecular formula is C18H19F2N3O6S2. The number of alkyl halides is 2. The van der Waals surface area contributed by atoms with Crippen molar-refractivity contribution < 1.29 is 36.3 Å². The van der Waals surface area contributed by atoms with E-state index in [1.807, 2.05) is 0 Å². The number of carbonyl (C=O) groups is 3. The van der Waals surface area contributed by atoms with E-state index in [1.165, 1.54) is 13.2 Å². The Hall–Kier alpha value is -2.51. The van der Waals surface area contributed by atoms with Crippen LogP contribution in [0.3, 0.4) is 0 Å². The second kappa shape index (κ2) is 8.55. The lowest BCUT2D eigenvalue weighted by Gasteiger charge is -2.24. The molecule has 168 valence electrons. The van der Waals surface area contributed by atoms with Crippen LogP contribution in [0.1, 0.15) is 25.7 Å². The van der Waals surface area contributed by atoms with Crippen LogP contribution < -0.4 is 15.2 Å². The minimum Gasteiger partial charge on any atom is -0.495 e. The van der Waals surface area contributed by atoms with Crippen LogP contribution in [-0.4, -0.2) is 49.9 Å². The van der Waals surface area contributed by atoms with Crippen LogP contribution in [0.25, 0.3) is 0 Å². The number of hydrogen-bond acceptors (Lipinski definition) is 7. The van der Waals surface area contributed by atoms with Crippen LogP contribution in [0.5, 0.6) is 5.75 Å². The van der Waals surface area contributed by atoms with E-state index in [1.54, 1.807) is 0 Å². The van der Waals surface area contributed by atoms with Crippen LogP contribution in [0.15, 0.2) is 33.6 Å². The fraction of sp³-hybridized carbons (Fsp3) is 0.389. The van der Waals surface area contributed by atoms with Gasteiger partial charge in [-0.15, -0.1) is 0 Å². The molecule has 3 amide bonds. The van der Waals surface area contributed by atoms with E-state index >= 15 is 0 Å². The molecule has 1 aliphatic heterocycles. The molecule has 1 aromatic rings. The first-order chi connectivity index (χ1) is 14.4. The molecule has 31 heavy (non-hydrogen) atoms. The number of rotatable bonds is 5. The van der Waals surface area contributed by atoms with Crippen molar-refractivity contribution in [1.82, 2.24) is 4.90 Å². The molecule has 1 saturated heterocycles. The fourth-order valence-electron chi connectivity index (χ4n) is 3.18. The second-order valence-corrected chi connectivity index (χ2v) is 9.53. The molecule has 2 fully saturated rings. The first-order valence-electron chi connectivity index (χ1n) is 9.05. The number of methoxy groups -OCH3 is 1. The van der Waals surface area contributed by atoms with Gasteiger partial charge in [-0.25, -0.2) is 22.3 Å². The molecule has 0 bridgehead atoms. The number of halogens is 2. The summed E-state index contributed by atoms with van der Waals surface area (Å²) in [5.74, 6) is -4.19. The number of carbonyl (C=O) groups excluding carboxylic acids is 3. The number of nitrogens with zero attached hydrogens (tertiary/aromatic N) is 1. The maximum Gasteiger partial charge on any atom is 0.294 e. The normalized spacial score (nSPS) is 19.0. The topological polar surface area (TPSA) is 136 Å². The third-order valence-electron chi connectivity index (χ3n) is 4.83. The summed E-state index contributed by atoms with van der Waals surface area (Å²) in [6.07, 6.45) is -0.741. The van der Waals surface area contributed by atoms with E-state index in [-0.39, 0.29) is 46.9 Å². The number of nitrogens with one attached hydrogen (secondary N) is 1. The van der Waals surface area contributed by atoms with Gasteiger partial charge >= 0.3 is 0 Å². The van der Waals surface area contributed by atoms with Gasteiger partial charge < -0.3 is 10.1 Å². The highest BCUT2D eigenvalue weighted by atomic mass is 32.2. The first kappa shape index (κ1) is 23.2. The van der Waals surface area contributed by atoms with Gasteiger partial charge in [0.05, 0.1) is 22.6 Å². The Kier molecular flexibility index (Phi) is 6.39. The van der Waals surface area contributed by atoms with Gasteiger partial charge in [-0.2, -0.15) is 0 Å². The van der Waals surface area contributed by atoms with Gasteiger partial charge in [0.25, 0.3) is 11.1 Å². The van der Waals surface area contributed by atoms with E-state index in [9.17, 15) is 31.6 Å². The number of primary sulfonamides is 1. The summed E-state index contributed by atoms with van der Waals surface area (Å²) >= 11 is 0.636. The summed E-state index contributed by atoms with van der Waals surface area (Å²) in [6, 6.07) is 3.54. The van der Waals surface area contributed by atoms with Crippen molar-refractivity contribution >= 4 is 44.5 Å². The van der Waals surface area contributed by atoms with E-state index in [4.69, 9.17) is 9.88 Å². The number of benzene rings is 1. The Morgan fingerprint density at radius 3 is 2.52 bits per heavy atom. The molecule has 0 spiro atoms. The molecule has 9 nitrogen and oxygen atoms in total. The maximum atomic E-state index is 13.4. The van der Waals surface area contributed by atoms with Crippen molar-refractivity contribution in [2.75, 3.05) is 19.0 Å². The van der Waals surface area contributed by atoms with Gasteiger partial charge in [-0.05, 0) is 36.7 Å². The average molecular weight is 475 g/mol. The minimum atomic E-state index is -3.98. The Balaban J connectivity index is 1.71. The lowest BCUT2D eigenvalue weighted by atomic mass is 9.91. The fourth-order valence-corrected chi connectivity index (χ4v) is 4.69. The number of nitrogens with two attached hydrogens (primary N) is 1. The number of ether oxygens (including phenoxy) is 1. The van der Waals surface area contributed by atoms with Crippen molar-refractivity contribution in [3.63, 3.8) is 0 Å². The zero-order valence-corrected chi connectivity index (χ0v) is 17.9. The highest BCUT2D eigenvalue weighted by Crippen LogP contribution is 2.42. The average Bonchev–Trinajstić information content (AvgIpc) is 2.95. The molecule has 1 heterocycles. The summed E-state index contributed by atoms with van der Waals surface area (Å²) in [4.78, 5) is 37.8. The molecule has 13 heteroatoms. The summed E-state index contributed by atoms with van der Waals surface area (Å²) in [5, 5.41) is 6.83. The van der Waals surface area contributed by atoms with Crippen LogP contribution in [-0.2, 0) is 19.6 Å². The number of amides is 3. The molecular weight excluding hydrogens is 456 g/mol. The van der Waals surface area contributed by atoms with E-state index < -0.39 is 39.5 Å². The van der Waals surface area contributed by atoms with Crippen LogP contribution in [0.2, 0.25) is 0 Å². The SMILES string of the molecule is COc1cc(S(N)(=O)=O)ccc1NC(=O)CN1C(=O)SC(=C2CCC(F)(F)CC2)C1=O. The number of hydrogen-bond donors (Lipinski definition) is 2. The number of anilines is 1. The Morgan fingerprint density at radius 1 is 1.29 bits per heavy atom. The number of allylic oxidation sites excluding steroid dienone is 1. The van der Waals surface area contributed by atoms with E-state index in [2.05, 4.69) is 5.32 Å². The molecule has 3 rings (SSSR count).